The first-order chi connectivity index (χ1) is 6.32. The summed E-state index contributed by atoms with van der Waals surface area (Å²) in [5.74, 6) is -1.91. The summed E-state index contributed by atoms with van der Waals surface area (Å²) in [7, 11) is 0. The molecular weight excluding hydrogens is 217 g/mol. The predicted molar refractivity (Wildman–Crippen MR) is 46.6 cm³/mol. The third kappa shape index (κ3) is 2.26. The van der Waals surface area contributed by atoms with Crippen LogP contribution in [0.15, 0.2) is 18.2 Å². The van der Waals surface area contributed by atoms with Gasteiger partial charge in [0.15, 0.2) is 0 Å². The molecule has 14 heavy (non-hydrogen) atoms. The number of carbonyl (C=O) groups excluding carboxylic acids is 1. The highest BCUT2D eigenvalue weighted by atomic mass is 35.5. The molecule has 0 spiro atoms. The van der Waals surface area contributed by atoms with Crippen LogP contribution in [0.4, 0.5) is 13.2 Å². The molecule has 0 heterocycles. The van der Waals surface area contributed by atoms with Crippen molar-refractivity contribution in [2.45, 2.75) is 13.1 Å². The van der Waals surface area contributed by atoms with Crippen molar-refractivity contribution in [3.8, 4) is 0 Å². The molecule has 0 amide bonds. The highest BCUT2D eigenvalue weighted by Crippen LogP contribution is 2.26. The van der Waals surface area contributed by atoms with Gasteiger partial charge in [-0.15, -0.1) is 0 Å². The number of ketones is 1. The Bertz CT molecular complexity index is 371. The van der Waals surface area contributed by atoms with E-state index >= 15 is 0 Å². The fraction of sp³-hybridized carbons (Fsp3) is 0.222. The number of aryl methyl sites for hydroxylation is 1. The molecule has 1 nitrogen and oxygen atoms in total. The number of carbonyl (C=O) groups is 1. The second kappa shape index (κ2) is 3.61. The summed E-state index contributed by atoms with van der Waals surface area (Å²) in [6.45, 7) is 1.59. The van der Waals surface area contributed by atoms with Gasteiger partial charge in [-0.3, -0.25) is 4.79 Å². The molecule has 0 aromatic heterocycles. The van der Waals surface area contributed by atoms with Gasteiger partial charge in [-0.2, -0.15) is 13.2 Å². The second-order valence-electron chi connectivity index (χ2n) is 2.81. The van der Waals surface area contributed by atoms with Crippen LogP contribution in [-0.2, 0) is 0 Å². The average molecular weight is 223 g/mol. The molecule has 0 saturated heterocycles. The molecule has 0 aliphatic heterocycles. The van der Waals surface area contributed by atoms with Gasteiger partial charge >= 0.3 is 6.18 Å². The minimum absolute atomic E-state index is 0.182. The Morgan fingerprint density at radius 1 is 1.36 bits per heavy atom. The van der Waals surface area contributed by atoms with Crippen LogP contribution < -0.4 is 0 Å². The highest BCUT2D eigenvalue weighted by molar-refractivity contribution is 6.34. The molecule has 0 saturated carbocycles. The molecule has 0 atom stereocenters. The number of halogens is 4. The lowest BCUT2D eigenvalue weighted by Crippen LogP contribution is -2.23. The van der Waals surface area contributed by atoms with Crippen LogP contribution in [0.5, 0.6) is 0 Å². The number of Topliss-reactive ketones (excluding diaryl/α,β-unsaturated/α-hetero) is 1. The van der Waals surface area contributed by atoms with E-state index in [1.54, 1.807) is 6.92 Å². The van der Waals surface area contributed by atoms with Crippen molar-refractivity contribution in [2.24, 2.45) is 0 Å². The molecule has 0 N–H and O–H groups in total. The summed E-state index contributed by atoms with van der Waals surface area (Å²) in [4.78, 5) is 10.8. The number of benzene rings is 1. The maximum atomic E-state index is 12.0. The molecule has 5 heteroatoms. The third-order valence-corrected chi connectivity index (χ3v) is 1.95. The maximum absolute atomic E-state index is 12.0. The first kappa shape index (κ1) is 11.0. The van der Waals surface area contributed by atoms with Crippen LogP contribution in [0.1, 0.15) is 15.9 Å². The zero-order valence-electron chi connectivity index (χ0n) is 7.15. The third-order valence-electron chi connectivity index (χ3n) is 1.62. The van der Waals surface area contributed by atoms with E-state index in [0.29, 0.717) is 5.56 Å². The molecular formula is C9H6ClF3O. The molecule has 0 radical (unpaired) electrons. The normalized spacial score (nSPS) is 11.5. The van der Waals surface area contributed by atoms with E-state index in [9.17, 15) is 18.0 Å². The predicted octanol–water partition coefficient (Wildman–Crippen LogP) is 3.39. The second-order valence-corrected chi connectivity index (χ2v) is 3.22. The van der Waals surface area contributed by atoms with Gasteiger partial charge in [0.05, 0.1) is 5.02 Å². The summed E-state index contributed by atoms with van der Waals surface area (Å²) in [6, 6.07) is 3.93. The summed E-state index contributed by atoms with van der Waals surface area (Å²) < 4.78 is 36.1. The van der Waals surface area contributed by atoms with Crippen molar-refractivity contribution in [2.75, 3.05) is 0 Å². The SMILES string of the molecule is Cc1ccc(Cl)c(C(=O)C(F)(F)F)c1. The number of hydrogen-bond donors (Lipinski definition) is 0. The summed E-state index contributed by atoms with van der Waals surface area (Å²) in [5, 5.41) is -0.182. The number of hydrogen-bond acceptors (Lipinski definition) is 1. The molecule has 1 aromatic rings. The van der Waals surface area contributed by atoms with Gasteiger partial charge in [-0.25, -0.2) is 0 Å². The van der Waals surface area contributed by atoms with Crippen LogP contribution in [0.25, 0.3) is 0 Å². The molecule has 0 unspecified atom stereocenters. The van der Waals surface area contributed by atoms with Crippen LogP contribution in [0, 0.1) is 6.92 Å². The Labute approximate surface area is 83.5 Å². The molecule has 76 valence electrons. The van der Waals surface area contributed by atoms with Crippen molar-refractivity contribution >= 4 is 17.4 Å². The van der Waals surface area contributed by atoms with Gasteiger partial charge in [-0.05, 0) is 19.1 Å². The Morgan fingerprint density at radius 3 is 2.43 bits per heavy atom. The summed E-state index contributed by atoms with van der Waals surface area (Å²) in [6.07, 6.45) is -4.88. The van der Waals surface area contributed by atoms with Gasteiger partial charge < -0.3 is 0 Å². The van der Waals surface area contributed by atoms with Gasteiger partial charge in [0, 0.05) is 5.56 Å². The van der Waals surface area contributed by atoms with E-state index in [0.717, 1.165) is 6.07 Å². The van der Waals surface area contributed by atoms with E-state index in [2.05, 4.69) is 0 Å². The largest absolute Gasteiger partial charge is 0.454 e. The van der Waals surface area contributed by atoms with Crippen molar-refractivity contribution < 1.29 is 18.0 Å². The Balaban J connectivity index is 3.19. The molecule has 0 bridgehead atoms. The molecule has 0 aliphatic rings. The van der Waals surface area contributed by atoms with Crippen LogP contribution in [-0.4, -0.2) is 12.0 Å². The maximum Gasteiger partial charge on any atom is 0.454 e. The number of alkyl halides is 3. The Kier molecular flexibility index (Phi) is 2.85. The summed E-state index contributed by atoms with van der Waals surface area (Å²) >= 11 is 5.48. The van der Waals surface area contributed by atoms with Crippen molar-refractivity contribution in [3.63, 3.8) is 0 Å². The smallest absolute Gasteiger partial charge is 0.284 e. The lowest BCUT2D eigenvalue weighted by atomic mass is 10.1. The molecule has 0 fully saturated rings. The highest BCUT2D eigenvalue weighted by Gasteiger charge is 2.40. The Morgan fingerprint density at radius 2 is 1.93 bits per heavy atom. The molecule has 1 rings (SSSR count). The quantitative estimate of drug-likeness (QED) is 0.666. The minimum atomic E-state index is -4.88. The monoisotopic (exact) mass is 222 g/mol. The van der Waals surface area contributed by atoms with Crippen LogP contribution >= 0.6 is 11.6 Å². The van der Waals surface area contributed by atoms with Gasteiger partial charge in [0.1, 0.15) is 0 Å². The van der Waals surface area contributed by atoms with Crippen LogP contribution in [0.2, 0.25) is 5.02 Å². The zero-order valence-corrected chi connectivity index (χ0v) is 7.91. The minimum Gasteiger partial charge on any atom is -0.284 e. The van der Waals surface area contributed by atoms with Gasteiger partial charge in [-0.1, -0.05) is 23.2 Å². The average Bonchev–Trinajstić information content (AvgIpc) is 2.06. The summed E-state index contributed by atoms with van der Waals surface area (Å²) in [5.41, 5.74) is 0.0566. The van der Waals surface area contributed by atoms with Crippen molar-refractivity contribution in [1.82, 2.24) is 0 Å². The topological polar surface area (TPSA) is 17.1 Å². The van der Waals surface area contributed by atoms with E-state index in [4.69, 9.17) is 11.6 Å². The van der Waals surface area contributed by atoms with E-state index in [1.165, 1.54) is 12.1 Å². The lowest BCUT2D eigenvalue weighted by molar-refractivity contribution is -0.0885. The standard InChI is InChI=1S/C9H6ClF3O/c1-5-2-3-7(10)6(4-5)8(14)9(11,12)13/h2-4H,1H3. The fourth-order valence-corrected chi connectivity index (χ4v) is 1.17. The Hall–Kier alpha value is -1.03. The van der Waals surface area contributed by atoms with Crippen molar-refractivity contribution in [3.05, 3.63) is 34.3 Å². The van der Waals surface area contributed by atoms with E-state index in [-0.39, 0.29) is 5.02 Å². The van der Waals surface area contributed by atoms with Gasteiger partial charge in [0.25, 0.3) is 5.78 Å². The fourth-order valence-electron chi connectivity index (χ4n) is 0.966. The molecule has 0 aliphatic carbocycles. The zero-order chi connectivity index (χ0) is 10.9. The van der Waals surface area contributed by atoms with Crippen molar-refractivity contribution in [1.29, 1.82) is 0 Å². The molecule has 1 aromatic carbocycles. The first-order valence-corrected chi connectivity index (χ1v) is 4.08. The van der Waals surface area contributed by atoms with E-state index < -0.39 is 17.5 Å². The van der Waals surface area contributed by atoms with Crippen LogP contribution in [0.3, 0.4) is 0 Å². The van der Waals surface area contributed by atoms with Gasteiger partial charge in [0.2, 0.25) is 0 Å². The lowest BCUT2D eigenvalue weighted by Gasteiger charge is -2.07. The number of rotatable bonds is 1. The van der Waals surface area contributed by atoms with E-state index in [1.807, 2.05) is 0 Å². The first-order valence-electron chi connectivity index (χ1n) is 3.70.